The number of carbonyl (C=O) groups excluding carboxylic acids is 1. The van der Waals surface area contributed by atoms with E-state index in [1.54, 1.807) is 42.5 Å². The minimum absolute atomic E-state index is 0.00350. The number of H-pyrrole nitrogens is 2. The maximum Gasteiger partial charge on any atom is 0.416 e. The van der Waals surface area contributed by atoms with Gasteiger partial charge in [0.05, 0.1) is 11.3 Å². The van der Waals surface area contributed by atoms with E-state index in [-0.39, 0.29) is 5.69 Å². The van der Waals surface area contributed by atoms with Crippen molar-refractivity contribution < 1.29 is 22.7 Å². The minimum Gasteiger partial charge on any atom is -0.454 e. The maximum atomic E-state index is 12.9. The molecule has 0 aliphatic heterocycles. The molecule has 176 valence electrons. The van der Waals surface area contributed by atoms with Gasteiger partial charge < -0.3 is 20.4 Å². The molecule has 0 saturated carbocycles. The summed E-state index contributed by atoms with van der Waals surface area (Å²) in [6.45, 7) is 0. The topological polar surface area (TPSA) is 112 Å². The van der Waals surface area contributed by atoms with Crippen LogP contribution in [0.4, 0.5) is 29.3 Å². The van der Waals surface area contributed by atoms with Crippen molar-refractivity contribution in [1.82, 2.24) is 15.0 Å². The zero-order chi connectivity index (χ0) is 24.6. The molecule has 2 heterocycles. The number of hydrogen-bond acceptors (Lipinski definition) is 4. The highest BCUT2D eigenvalue weighted by molar-refractivity contribution is 6.07. The van der Waals surface area contributed by atoms with Crippen LogP contribution >= 0.6 is 0 Å². The number of carbonyl (C=O) groups is 1. The molecule has 3 aromatic carbocycles. The Kier molecular flexibility index (Phi) is 5.36. The van der Waals surface area contributed by atoms with Gasteiger partial charge in [0.1, 0.15) is 11.3 Å². The molecule has 35 heavy (non-hydrogen) atoms. The van der Waals surface area contributed by atoms with Gasteiger partial charge >= 0.3 is 17.9 Å². The summed E-state index contributed by atoms with van der Waals surface area (Å²) < 4.78 is 44.9. The number of hydrogen-bond donors (Lipinski definition) is 4. The van der Waals surface area contributed by atoms with Crippen molar-refractivity contribution in [2.45, 2.75) is 6.18 Å². The first kappa shape index (κ1) is 22.0. The number of aromatic amines is 2. The van der Waals surface area contributed by atoms with E-state index in [2.05, 4.69) is 25.6 Å². The minimum atomic E-state index is -4.52. The van der Waals surface area contributed by atoms with Crippen LogP contribution in [0.2, 0.25) is 0 Å². The molecule has 5 aromatic rings. The zero-order valence-corrected chi connectivity index (χ0v) is 17.7. The third-order valence-corrected chi connectivity index (χ3v) is 5.18. The monoisotopic (exact) mass is 479 g/mol. The van der Waals surface area contributed by atoms with Crippen LogP contribution in [0.3, 0.4) is 0 Å². The highest BCUT2D eigenvalue weighted by Crippen LogP contribution is 2.36. The van der Waals surface area contributed by atoms with Gasteiger partial charge in [-0.2, -0.15) is 13.2 Å². The molecule has 0 saturated heterocycles. The molecular weight excluding hydrogens is 463 g/mol. The second-order valence-electron chi connectivity index (χ2n) is 7.53. The summed E-state index contributed by atoms with van der Waals surface area (Å²) in [5, 5.41) is 6.38. The van der Waals surface area contributed by atoms with E-state index in [9.17, 15) is 22.8 Å². The molecule has 4 N–H and O–H groups in total. The standard InChI is InChI=1S/C24H16F3N5O3/c25-24(26,27)13-4-3-5-14(12-13)29-22(33)30-17-8-9-18(16-7-2-1-6-15(16)17)35-19-10-11-28-21-20(19)31-23(34)32-21/h1-12H,(H2,29,30,33)(H2,28,31,32,34). The van der Waals surface area contributed by atoms with Gasteiger partial charge in [-0.05, 0) is 30.3 Å². The van der Waals surface area contributed by atoms with Gasteiger partial charge in [0.15, 0.2) is 11.4 Å². The van der Waals surface area contributed by atoms with Crippen LogP contribution in [0.5, 0.6) is 11.5 Å². The number of urea groups is 1. The summed E-state index contributed by atoms with van der Waals surface area (Å²) in [5.41, 5.74) is -0.0993. The fourth-order valence-electron chi connectivity index (χ4n) is 3.64. The zero-order valence-electron chi connectivity index (χ0n) is 17.7. The molecule has 0 radical (unpaired) electrons. The Morgan fingerprint density at radius 2 is 1.69 bits per heavy atom. The molecule has 2 amide bonds. The quantitative estimate of drug-likeness (QED) is 0.259. The molecule has 2 aromatic heterocycles. The molecule has 0 atom stereocenters. The summed E-state index contributed by atoms with van der Waals surface area (Å²) in [6, 6.07) is 15.6. The Morgan fingerprint density at radius 1 is 0.886 bits per heavy atom. The number of amides is 2. The van der Waals surface area contributed by atoms with Gasteiger partial charge in [0.25, 0.3) is 0 Å². The molecule has 8 nitrogen and oxygen atoms in total. The molecule has 11 heteroatoms. The van der Waals surface area contributed by atoms with E-state index in [4.69, 9.17) is 4.74 Å². The van der Waals surface area contributed by atoms with Gasteiger partial charge in [-0.1, -0.05) is 30.3 Å². The molecule has 0 unspecified atom stereocenters. The van der Waals surface area contributed by atoms with Gasteiger partial charge in [-0.3, -0.25) is 4.98 Å². The fourth-order valence-corrected chi connectivity index (χ4v) is 3.64. The molecule has 0 spiro atoms. The lowest BCUT2D eigenvalue weighted by atomic mass is 10.1. The second-order valence-corrected chi connectivity index (χ2v) is 7.53. The smallest absolute Gasteiger partial charge is 0.416 e. The van der Waals surface area contributed by atoms with Crippen molar-refractivity contribution in [2.24, 2.45) is 0 Å². The lowest BCUT2D eigenvalue weighted by molar-refractivity contribution is -0.137. The number of alkyl halides is 3. The fraction of sp³-hybridized carbons (Fsp3) is 0.0417. The average molecular weight is 479 g/mol. The van der Waals surface area contributed by atoms with E-state index in [1.165, 1.54) is 18.3 Å². The largest absolute Gasteiger partial charge is 0.454 e. The van der Waals surface area contributed by atoms with Crippen molar-refractivity contribution in [1.29, 1.82) is 0 Å². The average Bonchev–Trinajstić information content (AvgIpc) is 3.21. The van der Waals surface area contributed by atoms with Crippen LogP contribution in [-0.2, 0) is 6.18 Å². The molecule has 0 fully saturated rings. The third kappa shape index (κ3) is 4.51. The van der Waals surface area contributed by atoms with E-state index < -0.39 is 23.5 Å². The molecule has 5 rings (SSSR count). The third-order valence-electron chi connectivity index (χ3n) is 5.18. The SMILES string of the molecule is O=C(Nc1cccc(C(F)(F)F)c1)Nc1ccc(Oc2ccnc3[nH]c(=O)[nH]c23)c2ccccc12. The number of nitrogens with zero attached hydrogens (tertiary/aromatic N) is 1. The summed E-state index contributed by atoms with van der Waals surface area (Å²) in [5.74, 6) is 0.834. The number of pyridine rings is 1. The van der Waals surface area contributed by atoms with E-state index in [0.717, 1.165) is 12.1 Å². The van der Waals surface area contributed by atoms with E-state index >= 15 is 0 Å². The van der Waals surface area contributed by atoms with Gasteiger partial charge in [-0.25, -0.2) is 14.6 Å². The first-order chi connectivity index (χ1) is 16.8. The van der Waals surface area contributed by atoms with Crippen LogP contribution in [-0.4, -0.2) is 21.0 Å². The molecular formula is C24H16F3N5O3. The van der Waals surface area contributed by atoms with Crippen LogP contribution in [0, 0.1) is 0 Å². The van der Waals surface area contributed by atoms with Crippen molar-refractivity contribution in [2.75, 3.05) is 10.6 Å². The lowest BCUT2D eigenvalue weighted by Crippen LogP contribution is -2.20. The van der Waals surface area contributed by atoms with E-state index in [0.29, 0.717) is 39.1 Å². The number of ether oxygens (including phenoxy) is 1. The summed E-state index contributed by atoms with van der Waals surface area (Å²) >= 11 is 0. The summed E-state index contributed by atoms with van der Waals surface area (Å²) in [6.07, 6.45) is -3.02. The number of rotatable bonds is 4. The Labute approximate surface area is 194 Å². The number of anilines is 2. The Morgan fingerprint density at radius 3 is 2.49 bits per heavy atom. The van der Waals surface area contributed by atoms with Gasteiger partial charge in [0.2, 0.25) is 0 Å². The van der Waals surface area contributed by atoms with Crippen molar-refractivity contribution in [3.63, 3.8) is 0 Å². The number of imidazole rings is 1. The number of nitrogens with one attached hydrogen (secondary N) is 4. The predicted molar refractivity (Wildman–Crippen MR) is 125 cm³/mol. The number of fused-ring (bicyclic) bond motifs is 2. The van der Waals surface area contributed by atoms with Gasteiger partial charge in [0, 0.05) is 28.7 Å². The second kappa shape index (κ2) is 8.52. The first-order valence-corrected chi connectivity index (χ1v) is 10.3. The molecule has 0 aliphatic carbocycles. The molecule has 0 aliphatic rings. The normalized spacial score (nSPS) is 11.5. The van der Waals surface area contributed by atoms with Crippen LogP contribution < -0.4 is 21.1 Å². The van der Waals surface area contributed by atoms with Crippen molar-refractivity contribution >= 4 is 39.3 Å². The Hall–Kier alpha value is -4.80. The first-order valence-electron chi connectivity index (χ1n) is 10.3. The number of halogens is 3. The van der Waals surface area contributed by atoms with Crippen LogP contribution in [0.1, 0.15) is 5.56 Å². The Bertz CT molecular complexity index is 1620. The summed E-state index contributed by atoms with van der Waals surface area (Å²) in [4.78, 5) is 33.5. The van der Waals surface area contributed by atoms with E-state index in [1.807, 2.05) is 0 Å². The van der Waals surface area contributed by atoms with Crippen LogP contribution in [0.25, 0.3) is 21.9 Å². The van der Waals surface area contributed by atoms with Gasteiger partial charge in [-0.15, -0.1) is 0 Å². The Balaban J connectivity index is 1.42. The maximum absolute atomic E-state index is 12.9. The number of benzene rings is 3. The highest BCUT2D eigenvalue weighted by atomic mass is 19.4. The lowest BCUT2D eigenvalue weighted by Gasteiger charge is -2.14. The predicted octanol–water partition coefficient (Wildman–Crippen LogP) is 5.86. The number of aromatic nitrogens is 3. The summed E-state index contributed by atoms with van der Waals surface area (Å²) in [7, 11) is 0. The molecule has 0 bridgehead atoms. The van der Waals surface area contributed by atoms with Crippen LogP contribution in [0.15, 0.2) is 77.7 Å². The highest BCUT2D eigenvalue weighted by Gasteiger charge is 2.30. The van der Waals surface area contributed by atoms with Crippen molar-refractivity contribution in [3.05, 3.63) is 89.0 Å². The van der Waals surface area contributed by atoms with Crippen molar-refractivity contribution in [3.8, 4) is 11.5 Å².